The van der Waals surface area contributed by atoms with Gasteiger partial charge in [-0.05, 0) is 18.4 Å². The molecular weight excluding hydrogens is 831 g/mol. The van der Waals surface area contributed by atoms with Gasteiger partial charge in [0.15, 0.2) is 17.4 Å². The van der Waals surface area contributed by atoms with Gasteiger partial charge in [-0.15, -0.1) is 0 Å². The minimum absolute atomic E-state index is 0.0486. The number of aromatic amines is 1. The molecule has 0 aliphatic rings. The molecule has 1 aromatic carbocycles. The standard InChI is InChI=1S/C37H47N15O11/c1-62-34(59)24(8-5-11-42-35(39)40)47-25(53)9-12-41-27(55)16-52(30(58)19-50-14-10-26(54)48-36(50)60)29(57)18-49(15-13-43-37(61)63-20-23-6-3-2-4-7-23)28(56)17-51-22-46-31-32(38)44-21-45-33(31)51/h2-4,6-7,10,14,21-22,24H,5,8-9,11-13,15-20H2,1H3,(H,41,55)(H,43,61)(H,47,53)(H2,38,44,45)(H4,39,40,42)(H,48,54,60)/t24-/m0/s1. The number of fused-ring (bicyclic) bond motifs is 1. The number of H-pyrrole nitrogens is 1. The first-order valence-electron chi connectivity index (χ1n) is 19.1. The number of imide groups is 1. The lowest BCUT2D eigenvalue weighted by Gasteiger charge is -2.27. The maximum atomic E-state index is 14.0. The number of ether oxygens (including phenoxy) is 2. The molecule has 1 atom stereocenters. The van der Waals surface area contributed by atoms with Gasteiger partial charge in [-0.1, -0.05) is 30.3 Å². The molecular formula is C37H47N15O11. The average molecular weight is 878 g/mol. The first-order valence-corrected chi connectivity index (χ1v) is 19.1. The fourth-order valence-corrected chi connectivity index (χ4v) is 5.66. The molecule has 0 unspecified atom stereocenters. The number of nitrogens with one attached hydrogen (secondary N) is 4. The topological polar surface area (TPSA) is 369 Å². The minimum Gasteiger partial charge on any atom is -0.467 e. The van der Waals surface area contributed by atoms with E-state index in [0.29, 0.717) is 16.9 Å². The van der Waals surface area contributed by atoms with E-state index in [0.717, 1.165) is 28.8 Å². The van der Waals surface area contributed by atoms with Gasteiger partial charge in [0.2, 0.25) is 29.5 Å². The van der Waals surface area contributed by atoms with Crippen LogP contribution in [0.2, 0.25) is 0 Å². The normalized spacial score (nSPS) is 11.1. The largest absolute Gasteiger partial charge is 0.467 e. The molecule has 10 N–H and O–H groups in total. The predicted octanol–water partition coefficient (Wildman–Crippen LogP) is -3.71. The summed E-state index contributed by atoms with van der Waals surface area (Å²) in [5, 5.41) is 7.42. The van der Waals surface area contributed by atoms with Crippen molar-refractivity contribution in [3.63, 3.8) is 0 Å². The highest BCUT2D eigenvalue weighted by Crippen LogP contribution is 2.14. The number of nitrogen functional groups attached to an aromatic ring is 1. The number of carbonyl (C=O) groups excluding carboxylic acids is 7. The van der Waals surface area contributed by atoms with Gasteiger partial charge < -0.3 is 52.1 Å². The zero-order valence-corrected chi connectivity index (χ0v) is 34.1. The zero-order valence-electron chi connectivity index (χ0n) is 34.1. The molecule has 3 heterocycles. The van der Waals surface area contributed by atoms with E-state index in [-0.39, 0.29) is 68.6 Å². The molecule has 4 aromatic rings. The van der Waals surface area contributed by atoms with Crippen molar-refractivity contribution in [1.29, 1.82) is 0 Å². The van der Waals surface area contributed by atoms with Crippen LogP contribution in [0.4, 0.5) is 10.6 Å². The molecule has 0 bridgehead atoms. The highest BCUT2D eigenvalue weighted by Gasteiger charge is 2.29. The summed E-state index contributed by atoms with van der Waals surface area (Å²) in [5.74, 6) is -5.30. The second kappa shape index (κ2) is 23.6. The van der Waals surface area contributed by atoms with Crippen LogP contribution in [0.15, 0.2) is 69.8 Å². The average Bonchev–Trinajstić information content (AvgIpc) is 3.67. The number of nitrogens with zero attached hydrogens (tertiary/aromatic N) is 8. The Kier molecular flexibility index (Phi) is 17.8. The number of amides is 6. The number of esters is 1. The molecule has 26 heteroatoms. The summed E-state index contributed by atoms with van der Waals surface area (Å²) < 4.78 is 12.1. The molecule has 336 valence electrons. The Morgan fingerprint density at radius 1 is 0.889 bits per heavy atom. The van der Waals surface area contributed by atoms with Gasteiger partial charge in [0, 0.05) is 44.9 Å². The van der Waals surface area contributed by atoms with E-state index in [1.54, 1.807) is 30.3 Å². The quantitative estimate of drug-likeness (QED) is 0.0173. The lowest BCUT2D eigenvalue weighted by atomic mass is 10.1. The third-order valence-corrected chi connectivity index (χ3v) is 8.82. The molecule has 0 fully saturated rings. The summed E-state index contributed by atoms with van der Waals surface area (Å²) in [7, 11) is 1.14. The molecule has 4 rings (SSSR count). The van der Waals surface area contributed by atoms with Crippen molar-refractivity contribution in [2.75, 3.05) is 52.1 Å². The summed E-state index contributed by atoms with van der Waals surface area (Å²) in [4.78, 5) is 136. The molecule has 0 radical (unpaired) electrons. The molecule has 3 aromatic heterocycles. The van der Waals surface area contributed by atoms with E-state index in [1.807, 2.05) is 4.98 Å². The van der Waals surface area contributed by atoms with E-state index < -0.39 is 85.1 Å². The van der Waals surface area contributed by atoms with Crippen molar-refractivity contribution < 1.29 is 43.0 Å². The monoisotopic (exact) mass is 877 g/mol. The smallest absolute Gasteiger partial charge is 0.407 e. The van der Waals surface area contributed by atoms with Gasteiger partial charge >= 0.3 is 17.8 Å². The Labute approximate surface area is 357 Å². The van der Waals surface area contributed by atoms with Crippen LogP contribution in [0.5, 0.6) is 0 Å². The zero-order chi connectivity index (χ0) is 45.9. The molecule has 63 heavy (non-hydrogen) atoms. The van der Waals surface area contributed by atoms with Gasteiger partial charge in [-0.3, -0.25) is 48.2 Å². The summed E-state index contributed by atoms with van der Waals surface area (Å²) in [6.07, 6.45) is 2.73. The fraction of sp³-hybridized carbons (Fsp3) is 0.378. The summed E-state index contributed by atoms with van der Waals surface area (Å²) in [6.45, 7) is -3.76. The van der Waals surface area contributed by atoms with Crippen molar-refractivity contribution >= 4 is 64.5 Å². The van der Waals surface area contributed by atoms with Crippen LogP contribution in [0.3, 0.4) is 0 Å². The van der Waals surface area contributed by atoms with Crippen molar-refractivity contribution in [2.45, 2.75) is 45.0 Å². The lowest BCUT2D eigenvalue weighted by molar-refractivity contribution is -0.151. The maximum absolute atomic E-state index is 14.0. The van der Waals surface area contributed by atoms with Crippen LogP contribution in [-0.4, -0.2) is 139 Å². The van der Waals surface area contributed by atoms with Gasteiger partial charge in [0.1, 0.15) is 50.7 Å². The SMILES string of the molecule is COC(=O)[C@H](CCCN=C(N)N)NC(=O)CCNC(=O)CN(C(=O)CN(CCNC(=O)OCc1ccccc1)C(=O)Cn1cnc2c(N)ncnc21)C(=O)Cn1ccc(=O)[nH]c1=O. The molecule has 0 saturated carbocycles. The summed E-state index contributed by atoms with van der Waals surface area (Å²) >= 11 is 0. The van der Waals surface area contributed by atoms with Crippen molar-refractivity contribution in [3.8, 4) is 0 Å². The van der Waals surface area contributed by atoms with Crippen molar-refractivity contribution in [3.05, 3.63) is 81.7 Å². The Morgan fingerprint density at radius 3 is 2.35 bits per heavy atom. The number of benzene rings is 1. The van der Waals surface area contributed by atoms with Crippen LogP contribution in [0.1, 0.15) is 24.8 Å². The molecule has 0 aliphatic carbocycles. The third-order valence-electron chi connectivity index (χ3n) is 8.82. The summed E-state index contributed by atoms with van der Waals surface area (Å²) in [5.41, 5.74) is 15.9. The van der Waals surface area contributed by atoms with Crippen LogP contribution in [-0.2, 0) is 57.9 Å². The van der Waals surface area contributed by atoms with Gasteiger partial charge in [-0.2, -0.15) is 0 Å². The molecule has 0 saturated heterocycles. The van der Waals surface area contributed by atoms with Gasteiger partial charge in [0.25, 0.3) is 5.56 Å². The number of methoxy groups -OCH3 is 1. The molecule has 0 spiro atoms. The van der Waals surface area contributed by atoms with Crippen LogP contribution in [0.25, 0.3) is 11.2 Å². The second-order valence-corrected chi connectivity index (χ2v) is 13.4. The number of hydrogen-bond acceptors (Lipinski definition) is 16. The molecule has 6 amide bonds. The maximum Gasteiger partial charge on any atom is 0.407 e. The van der Waals surface area contributed by atoms with E-state index in [9.17, 15) is 43.2 Å². The number of guanidine groups is 1. The number of hydrogen-bond donors (Lipinski definition) is 7. The number of anilines is 1. The number of carbonyl (C=O) groups is 7. The Bertz CT molecular complexity index is 2410. The molecule has 0 aliphatic heterocycles. The van der Waals surface area contributed by atoms with Crippen molar-refractivity contribution in [2.24, 2.45) is 16.5 Å². The highest BCUT2D eigenvalue weighted by atomic mass is 16.5. The number of aromatic nitrogens is 6. The second-order valence-electron chi connectivity index (χ2n) is 13.4. The van der Waals surface area contributed by atoms with Gasteiger partial charge in [-0.25, -0.2) is 29.3 Å². The van der Waals surface area contributed by atoms with Gasteiger partial charge in [0.05, 0.1) is 13.4 Å². The van der Waals surface area contributed by atoms with Crippen molar-refractivity contribution in [1.82, 2.24) is 54.8 Å². The van der Waals surface area contributed by atoms with Crippen LogP contribution in [0, 0.1) is 0 Å². The van der Waals surface area contributed by atoms with Crippen LogP contribution >= 0.6 is 0 Å². The van der Waals surface area contributed by atoms with E-state index in [2.05, 4.69) is 35.9 Å². The fourth-order valence-electron chi connectivity index (χ4n) is 5.66. The Hall–Kier alpha value is -8.19. The minimum atomic E-state index is -1.09. The number of nitrogens with two attached hydrogens (primary N) is 3. The lowest BCUT2D eigenvalue weighted by Crippen LogP contribution is -2.52. The Balaban J connectivity index is 1.48. The number of imidazole rings is 1. The van der Waals surface area contributed by atoms with E-state index >= 15 is 0 Å². The first-order chi connectivity index (χ1) is 30.1. The number of rotatable bonds is 22. The van der Waals surface area contributed by atoms with Crippen LogP contribution < -0.4 is 44.4 Å². The number of alkyl carbamates (subject to hydrolysis) is 1. The third kappa shape index (κ3) is 15.1. The molecule has 26 nitrogen and oxygen atoms in total. The Morgan fingerprint density at radius 2 is 1.63 bits per heavy atom. The van der Waals surface area contributed by atoms with E-state index in [4.69, 9.17) is 26.7 Å². The van der Waals surface area contributed by atoms with E-state index in [1.165, 1.54) is 17.2 Å². The predicted molar refractivity (Wildman–Crippen MR) is 220 cm³/mol. The first kappa shape index (κ1) is 47.5. The highest BCUT2D eigenvalue weighted by molar-refractivity contribution is 6.00. The summed E-state index contributed by atoms with van der Waals surface area (Å²) in [6, 6.07) is 8.74. The number of aliphatic imine (C=N–C) groups is 1.